The van der Waals surface area contributed by atoms with E-state index in [4.69, 9.17) is 4.74 Å². The number of hydrogen-bond acceptors (Lipinski definition) is 3. The molecule has 0 fully saturated rings. The summed E-state index contributed by atoms with van der Waals surface area (Å²) in [6, 6.07) is 9.50. The molecule has 0 unspecified atom stereocenters. The fourth-order valence-electron chi connectivity index (χ4n) is 2.04. The molecule has 2 aromatic carbocycles. The zero-order valence-electron chi connectivity index (χ0n) is 13.8. The number of halogens is 1. The van der Waals surface area contributed by atoms with Gasteiger partial charge >= 0.3 is 0 Å². The molecule has 0 aliphatic carbocycles. The first kappa shape index (κ1) is 17.5. The summed E-state index contributed by atoms with van der Waals surface area (Å²) in [4.78, 5) is 23.0. The lowest BCUT2D eigenvalue weighted by molar-refractivity contribution is -0.118. The van der Waals surface area contributed by atoms with Gasteiger partial charge in [-0.1, -0.05) is 6.07 Å². The summed E-state index contributed by atoms with van der Waals surface area (Å²) < 4.78 is 19.0. The van der Waals surface area contributed by atoms with Gasteiger partial charge in [0.15, 0.2) is 6.61 Å². The van der Waals surface area contributed by atoms with Crippen molar-refractivity contribution in [2.24, 2.45) is 0 Å². The quantitative estimate of drug-likeness (QED) is 0.883. The topological polar surface area (TPSA) is 67.4 Å². The Bertz CT molecular complexity index is 775. The normalized spacial score (nSPS) is 10.2. The third-order valence-corrected chi connectivity index (χ3v) is 3.41. The second kappa shape index (κ2) is 7.59. The molecule has 0 aromatic heterocycles. The van der Waals surface area contributed by atoms with Gasteiger partial charge in [-0.15, -0.1) is 0 Å². The monoisotopic (exact) mass is 330 g/mol. The number of benzene rings is 2. The van der Waals surface area contributed by atoms with E-state index >= 15 is 0 Å². The van der Waals surface area contributed by atoms with E-state index in [-0.39, 0.29) is 18.2 Å². The van der Waals surface area contributed by atoms with Crippen LogP contribution >= 0.6 is 0 Å². The van der Waals surface area contributed by atoms with Gasteiger partial charge in [0.2, 0.25) is 5.91 Å². The SMILES string of the molecule is CC(=O)Nc1cc(NC(=O)COc2ccc(C)c(C)c2)ccc1F. The first-order valence-corrected chi connectivity index (χ1v) is 7.42. The highest BCUT2D eigenvalue weighted by molar-refractivity contribution is 5.94. The number of aryl methyl sites for hydroxylation is 2. The van der Waals surface area contributed by atoms with Crippen molar-refractivity contribution in [1.82, 2.24) is 0 Å². The van der Waals surface area contributed by atoms with Crippen molar-refractivity contribution in [1.29, 1.82) is 0 Å². The number of rotatable bonds is 5. The van der Waals surface area contributed by atoms with Crippen molar-refractivity contribution >= 4 is 23.2 Å². The minimum absolute atomic E-state index is 0.00961. The second-order valence-electron chi connectivity index (χ2n) is 5.46. The van der Waals surface area contributed by atoms with Gasteiger partial charge in [-0.05, 0) is 55.3 Å². The standard InChI is InChI=1S/C18H19FN2O3/c1-11-4-6-15(8-12(11)2)24-10-18(23)21-14-5-7-16(19)17(9-14)20-13(3)22/h4-9H,10H2,1-3H3,(H,20,22)(H,21,23). The Hall–Kier alpha value is -2.89. The van der Waals surface area contributed by atoms with Crippen LogP contribution in [0.5, 0.6) is 5.75 Å². The van der Waals surface area contributed by atoms with Crippen LogP contribution in [0.2, 0.25) is 0 Å². The number of amides is 2. The highest BCUT2D eigenvalue weighted by Crippen LogP contribution is 2.20. The largest absolute Gasteiger partial charge is 0.484 e. The molecule has 5 nitrogen and oxygen atoms in total. The van der Waals surface area contributed by atoms with Crippen LogP contribution in [0.15, 0.2) is 36.4 Å². The van der Waals surface area contributed by atoms with Crippen molar-refractivity contribution in [2.75, 3.05) is 17.2 Å². The first-order chi connectivity index (χ1) is 11.3. The van der Waals surface area contributed by atoms with E-state index in [1.54, 1.807) is 6.07 Å². The Balaban J connectivity index is 1.96. The molecular weight excluding hydrogens is 311 g/mol. The minimum atomic E-state index is -0.574. The van der Waals surface area contributed by atoms with E-state index in [1.807, 2.05) is 26.0 Å². The van der Waals surface area contributed by atoms with E-state index in [0.29, 0.717) is 11.4 Å². The second-order valence-corrected chi connectivity index (χ2v) is 5.46. The van der Waals surface area contributed by atoms with Gasteiger partial charge in [0.25, 0.3) is 5.91 Å². The molecule has 0 atom stereocenters. The average molecular weight is 330 g/mol. The van der Waals surface area contributed by atoms with Gasteiger partial charge in [0, 0.05) is 12.6 Å². The zero-order chi connectivity index (χ0) is 17.7. The Morgan fingerprint density at radius 1 is 1.04 bits per heavy atom. The van der Waals surface area contributed by atoms with E-state index in [2.05, 4.69) is 10.6 Å². The summed E-state index contributed by atoms with van der Waals surface area (Å²) in [5.41, 5.74) is 2.60. The molecule has 0 heterocycles. The third kappa shape index (κ3) is 4.81. The van der Waals surface area contributed by atoms with Crippen molar-refractivity contribution in [2.45, 2.75) is 20.8 Å². The minimum Gasteiger partial charge on any atom is -0.484 e. The fourth-order valence-corrected chi connectivity index (χ4v) is 2.04. The van der Waals surface area contributed by atoms with Gasteiger partial charge in [0.1, 0.15) is 11.6 Å². The number of hydrogen-bond donors (Lipinski definition) is 2. The molecule has 126 valence electrons. The highest BCUT2D eigenvalue weighted by atomic mass is 19.1. The third-order valence-electron chi connectivity index (χ3n) is 3.41. The number of nitrogens with one attached hydrogen (secondary N) is 2. The van der Waals surface area contributed by atoms with Crippen molar-refractivity contribution in [3.05, 3.63) is 53.3 Å². The maximum atomic E-state index is 13.6. The van der Waals surface area contributed by atoms with Gasteiger partial charge in [-0.25, -0.2) is 4.39 Å². The molecule has 0 aliphatic rings. The van der Waals surface area contributed by atoms with Crippen LogP contribution < -0.4 is 15.4 Å². The molecule has 2 N–H and O–H groups in total. The molecule has 2 rings (SSSR count). The van der Waals surface area contributed by atoms with E-state index in [0.717, 1.165) is 11.1 Å². The van der Waals surface area contributed by atoms with Gasteiger partial charge in [-0.3, -0.25) is 9.59 Å². The summed E-state index contributed by atoms with van der Waals surface area (Å²) in [6.07, 6.45) is 0. The molecular formula is C18H19FN2O3. The van der Waals surface area contributed by atoms with E-state index in [9.17, 15) is 14.0 Å². The van der Waals surface area contributed by atoms with Crippen LogP contribution in [0.25, 0.3) is 0 Å². The highest BCUT2D eigenvalue weighted by Gasteiger charge is 2.08. The maximum absolute atomic E-state index is 13.6. The molecule has 0 spiro atoms. The van der Waals surface area contributed by atoms with Crippen LogP contribution in [0, 0.1) is 19.7 Å². The molecule has 0 bridgehead atoms. The lowest BCUT2D eigenvalue weighted by Crippen LogP contribution is -2.20. The fraction of sp³-hybridized carbons (Fsp3) is 0.222. The van der Waals surface area contributed by atoms with Crippen LogP contribution in [-0.4, -0.2) is 18.4 Å². The summed E-state index contributed by atoms with van der Waals surface area (Å²) >= 11 is 0. The molecule has 0 radical (unpaired) electrons. The Morgan fingerprint density at radius 2 is 1.79 bits per heavy atom. The van der Waals surface area contributed by atoms with Gasteiger partial charge in [0.05, 0.1) is 5.69 Å². The summed E-state index contributed by atoms with van der Waals surface area (Å²) in [5.74, 6) is -0.745. The van der Waals surface area contributed by atoms with Gasteiger partial charge < -0.3 is 15.4 Å². The number of carbonyl (C=O) groups is 2. The number of ether oxygens (including phenoxy) is 1. The molecule has 24 heavy (non-hydrogen) atoms. The predicted octanol–water partition coefficient (Wildman–Crippen LogP) is 3.42. The first-order valence-electron chi connectivity index (χ1n) is 7.42. The summed E-state index contributed by atoms with van der Waals surface area (Å²) in [5, 5.41) is 4.96. The molecule has 0 saturated carbocycles. The predicted molar refractivity (Wildman–Crippen MR) is 90.7 cm³/mol. The number of anilines is 2. The molecule has 0 aliphatic heterocycles. The van der Waals surface area contributed by atoms with Crippen molar-refractivity contribution in [3.63, 3.8) is 0 Å². The lowest BCUT2D eigenvalue weighted by Gasteiger charge is -2.10. The molecule has 2 aromatic rings. The zero-order valence-corrected chi connectivity index (χ0v) is 13.8. The summed E-state index contributed by atoms with van der Waals surface area (Å²) in [7, 11) is 0. The van der Waals surface area contributed by atoms with Crippen LogP contribution in [0.4, 0.5) is 15.8 Å². The van der Waals surface area contributed by atoms with Crippen molar-refractivity contribution in [3.8, 4) is 5.75 Å². The maximum Gasteiger partial charge on any atom is 0.262 e. The lowest BCUT2D eigenvalue weighted by atomic mass is 10.1. The molecule has 6 heteroatoms. The smallest absolute Gasteiger partial charge is 0.262 e. The Morgan fingerprint density at radius 3 is 2.46 bits per heavy atom. The van der Waals surface area contributed by atoms with Crippen LogP contribution in [0.1, 0.15) is 18.1 Å². The molecule has 2 amide bonds. The average Bonchev–Trinajstić information content (AvgIpc) is 2.51. The Kier molecular flexibility index (Phi) is 5.52. The van der Waals surface area contributed by atoms with E-state index < -0.39 is 11.7 Å². The molecule has 0 saturated heterocycles. The van der Waals surface area contributed by atoms with Crippen LogP contribution in [0.3, 0.4) is 0 Å². The number of carbonyl (C=O) groups excluding carboxylic acids is 2. The van der Waals surface area contributed by atoms with Gasteiger partial charge in [-0.2, -0.15) is 0 Å². The summed E-state index contributed by atoms with van der Waals surface area (Å²) in [6.45, 7) is 5.06. The van der Waals surface area contributed by atoms with Crippen molar-refractivity contribution < 1.29 is 18.7 Å². The Labute approximate surface area is 139 Å². The van der Waals surface area contributed by atoms with Crippen LogP contribution in [-0.2, 0) is 9.59 Å². The van der Waals surface area contributed by atoms with E-state index in [1.165, 1.54) is 25.1 Å².